The number of nitrogens with zero attached hydrogens (tertiary/aromatic N) is 3. The molecule has 2 aliphatic rings. The maximum atomic E-state index is 13.8. The number of halogens is 3. The lowest BCUT2D eigenvalue weighted by Gasteiger charge is -2.29. The minimum absolute atomic E-state index is 0.243. The molecule has 0 radical (unpaired) electrons. The molecule has 0 bridgehead atoms. The average molecular weight is 525 g/mol. The second-order valence-electron chi connectivity index (χ2n) is 8.33. The zero-order chi connectivity index (χ0) is 24.3. The molecule has 174 valence electrons. The highest BCUT2D eigenvalue weighted by Gasteiger charge is 2.60. The Morgan fingerprint density at radius 2 is 1.51 bits per heavy atom. The van der Waals surface area contributed by atoms with Crippen molar-refractivity contribution in [2.75, 3.05) is 9.96 Å². The molecule has 0 saturated carbocycles. The number of imide groups is 1. The molecule has 0 spiro atoms. The minimum atomic E-state index is -1.04. The zero-order valence-electron chi connectivity index (χ0n) is 17.9. The van der Waals surface area contributed by atoms with Crippen molar-refractivity contribution in [3.63, 3.8) is 0 Å². The lowest BCUT2D eigenvalue weighted by molar-refractivity contribution is -0.126. The molecular weight excluding hydrogens is 509 g/mol. The number of hydrogen-bond acceptors (Lipinski definition) is 5. The summed E-state index contributed by atoms with van der Waals surface area (Å²) in [6.07, 6.45) is -1.04. The van der Waals surface area contributed by atoms with Crippen LogP contribution in [0.25, 0.3) is 10.9 Å². The van der Waals surface area contributed by atoms with E-state index in [4.69, 9.17) is 39.6 Å². The number of hydrogen-bond donors (Lipinski definition) is 0. The van der Waals surface area contributed by atoms with Crippen molar-refractivity contribution >= 4 is 68.9 Å². The standard InChI is InChI=1S/C26H16Cl3N3O3/c27-18-11-10-16(13-19(18)28)31-25(33)21-22(17-12-14-6-4-5-9-20(14)30-24(17)29)32(35-23(21)26(31)34)15-7-2-1-3-8-15/h1-13,21-23H/t21-,22+,23+/m0/s1. The van der Waals surface area contributed by atoms with E-state index >= 15 is 0 Å². The van der Waals surface area contributed by atoms with Crippen molar-refractivity contribution in [1.29, 1.82) is 0 Å². The summed E-state index contributed by atoms with van der Waals surface area (Å²) in [4.78, 5) is 39.1. The molecule has 6 nitrogen and oxygen atoms in total. The number of benzene rings is 3. The molecule has 9 heteroatoms. The largest absolute Gasteiger partial charge is 0.273 e. The summed E-state index contributed by atoms with van der Waals surface area (Å²) in [6, 6.07) is 22.7. The van der Waals surface area contributed by atoms with Crippen molar-refractivity contribution < 1.29 is 14.4 Å². The molecule has 2 saturated heterocycles. The molecule has 3 aromatic carbocycles. The van der Waals surface area contributed by atoms with Crippen LogP contribution in [0.4, 0.5) is 11.4 Å². The van der Waals surface area contributed by atoms with Crippen molar-refractivity contribution in [1.82, 2.24) is 4.98 Å². The summed E-state index contributed by atoms with van der Waals surface area (Å²) < 4.78 is 0. The van der Waals surface area contributed by atoms with Crippen LogP contribution >= 0.6 is 34.8 Å². The van der Waals surface area contributed by atoms with E-state index in [9.17, 15) is 9.59 Å². The Kier molecular flexibility index (Phi) is 5.42. The second-order valence-corrected chi connectivity index (χ2v) is 9.50. The fourth-order valence-electron chi connectivity index (χ4n) is 4.72. The first-order valence-corrected chi connectivity index (χ1v) is 12.0. The van der Waals surface area contributed by atoms with Gasteiger partial charge >= 0.3 is 0 Å². The van der Waals surface area contributed by atoms with E-state index in [2.05, 4.69) is 4.98 Å². The summed E-state index contributed by atoms with van der Waals surface area (Å²) >= 11 is 18.9. The van der Waals surface area contributed by atoms with Crippen LogP contribution in [0.3, 0.4) is 0 Å². The van der Waals surface area contributed by atoms with Gasteiger partial charge in [-0.2, -0.15) is 0 Å². The first-order valence-electron chi connectivity index (χ1n) is 10.8. The number of fused-ring (bicyclic) bond motifs is 2. The zero-order valence-corrected chi connectivity index (χ0v) is 20.2. The Morgan fingerprint density at radius 1 is 0.771 bits per heavy atom. The van der Waals surface area contributed by atoms with Gasteiger partial charge in [0, 0.05) is 10.9 Å². The Hall–Kier alpha value is -3.16. The molecule has 0 aliphatic carbocycles. The molecule has 35 heavy (non-hydrogen) atoms. The monoisotopic (exact) mass is 523 g/mol. The molecule has 2 aliphatic heterocycles. The molecular formula is C26H16Cl3N3O3. The van der Waals surface area contributed by atoms with E-state index in [0.717, 1.165) is 15.8 Å². The van der Waals surface area contributed by atoms with Gasteiger partial charge in [-0.05, 0) is 42.5 Å². The van der Waals surface area contributed by atoms with Crippen molar-refractivity contribution in [2.45, 2.75) is 12.1 Å². The van der Waals surface area contributed by atoms with Crippen LogP contribution < -0.4 is 9.96 Å². The SMILES string of the molecule is O=C1[C@H]2[C@@H](c3cc4ccccc4nc3Cl)N(c3ccccc3)O[C@H]2C(=O)N1c1ccc(Cl)c(Cl)c1. The molecule has 4 aromatic rings. The summed E-state index contributed by atoms with van der Waals surface area (Å²) in [7, 11) is 0. The van der Waals surface area contributed by atoms with Crippen LogP contribution in [0.5, 0.6) is 0 Å². The lowest BCUT2D eigenvalue weighted by atomic mass is 9.90. The van der Waals surface area contributed by atoms with E-state index in [-0.39, 0.29) is 10.2 Å². The molecule has 3 atom stereocenters. The highest BCUT2D eigenvalue weighted by molar-refractivity contribution is 6.42. The highest BCUT2D eigenvalue weighted by atomic mass is 35.5. The molecule has 0 unspecified atom stereocenters. The molecule has 6 rings (SSSR count). The van der Waals surface area contributed by atoms with Gasteiger partial charge in [0.1, 0.15) is 11.1 Å². The van der Waals surface area contributed by atoms with Crippen LogP contribution in [-0.2, 0) is 14.4 Å². The lowest BCUT2D eigenvalue weighted by Crippen LogP contribution is -2.37. The minimum Gasteiger partial charge on any atom is -0.273 e. The Morgan fingerprint density at radius 3 is 2.29 bits per heavy atom. The molecule has 3 heterocycles. The number of pyridine rings is 1. The van der Waals surface area contributed by atoms with Gasteiger partial charge in [0.15, 0.2) is 6.10 Å². The first kappa shape index (κ1) is 22.3. The summed E-state index contributed by atoms with van der Waals surface area (Å²) in [6.45, 7) is 0. The second kappa shape index (κ2) is 8.50. The molecule has 1 aromatic heterocycles. The fraction of sp³-hybridized carbons (Fsp3) is 0.115. The van der Waals surface area contributed by atoms with Crippen LogP contribution in [0.2, 0.25) is 15.2 Å². The van der Waals surface area contributed by atoms with Crippen molar-refractivity contribution in [2.24, 2.45) is 5.92 Å². The van der Waals surface area contributed by atoms with Crippen LogP contribution in [0.1, 0.15) is 11.6 Å². The van der Waals surface area contributed by atoms with Gasteiger partial charge in [0.25, 0.3) is 5.91 Å². The van der Waals surface area contributed by atoms with E-state index < -0.39 is 29.9 Å². The number of rotatable bonds is 3. The predicted molar refractivity (Wildman–Crippen MR) is 136 cm³/mol. The smallest absolute Gasteiger partial charge is 0.266 e. The van der Waals surface area contributed by atoms with E-state index in [1.54, 1.807) is 17.2 Å². The third kappa shape index (κ3) is 3.56. The third-order valence-corrected chi connectivity index (χ3v) is 7.35. The first-order chi connectivity index (χ1) is 16.9. The average Bonchev–Trinajstić information content (AvgIpc) is 3.37. The van der Waals surface area contributed by atoms with Crippen LogP contribution in [-0.4, -0.2) is 22.9 Å². The maximum absolute atomic E-state index is 13.8. The molecule has 0 N–H and O–H groups in total. The number of carbonyl (C=O) groups is 2. The van der Waals surface area contributed by atoms with Gasteiger partial charge in [-0.25, -0.2) is 14.9 Å². The Bertz CT molecular complexity index is 1500. The number of carbonyl (C=O) groups excluding carboxylic acids is 2. The van der Waals surface area contributed by atoms with Crippen molar-refractivity contribution in [3.8, 4) is 0 Å². The molecule has 2 amide bonds. The number of anilines is 2. The summed E-state index contributed by atoms with van der Waals surface area (Å²) in [5.74, 6) is -1.74. The quantitative estimate of drug-likeness (QED) is 0.234. The van der Waals surface area contributed by atoms with Gasteiger partial charge in [-0.15, -0.1) is 0 Å². The predicted octanol–water partition coefficient (Wildman–Crippen LogP) is 6.25. The van der Waals surface area contributed by atoms with E-state index in [0.29, 0.717) is 22.0 Å². The normalized spacial score (nSPS) is 21.7. The van der Waals surface area contributed by atoms with Gasteiger partial charge in [0.05, 0.1) is 33.0 Å². The molecule has 2 fully saturated rings. The maximum Gasteiger partial charge on any atom is 0.266 e. The van der Waals surface area contributed by atoms with Crippen LogP contribution in [0.15, 0.2) is 78.9 Å². The van der Waals surface area contributed by atoms with Gasteiger partial charge in [-0.3, -0.25) is 14.4 Å². The van der Waals surface area contributed by atoms with Crippen LogP contribution in [0, 0.1) is 5.92 Å². The van der Waals surface area contributed by atoms with E-state index in [1.165, 1.54) is 6.07 Å². The number of hydroxylamine groups is 1. The highest BCUT2D eigenvalue weighted by Crippen LogP contribution is 2.49. The van der Waals surface area contributed by atoms with E-state index in [1.807, 2.05) is 60.7 Å². The summed E-state index contributed by atoms with van der Waals surface area (Å²) in [5, 5.41) is 3.27. The number of amides is 2. The fourth-order valence-corrected chi connectivity index (χ4v) is 5.27. The van der Waals surface area contributed by atoms with Crippen molar-refractivity contribution in [3.05, 3.63) is 99.6 Å². The summed E-state index contributed by atoms with van der Waals surface area (Å²) in [5.41, 5.74) is 2.35. The Labute approximate surface area is 215 Å². The third-order valence-electron chi connectivity index (χ3n) is 6.31. The topological polar surface area (TPSA) is 62.7 Å². The Balaban J connectivity index is 1.49. The van der Waals surface area contributed by atoms with Gasteiger partial charge < -0.3 is 0 Å². The van der Waals surface area contributed by atoms with Gasteiger partial charge in [0.2, 0.25) is 5.91 Å². The number of aromatic nitrogens is 1. The number of para-hydroxylation sites is 2. The van der Waals surface area contributed by atoms with Gasteiger partial charge in [-0.1, -0.05) is 71.2 Å².